The van der Waals surface area contributed by atoms with Crippen LogP contribution in [0.1, 0.15) is 27.2 Å². The highest BCUT2D eigenvalue weighted by molar-refractivity contribution is 5.91. The summed E-state index contributed by atoms with van der Waals surface area (Å²) in [5, 5.41) is 4.21. The maximum atomic E-state index is 13.8. The number of hydrogen-bond donors (Lipinski definition) is 1. The van der Waals surface area contributed by atoms with Crippen LogP contribution < -0.4 is 5.32 Å². The molecule has 2 heterocycles. The van der Waals surface area contributed by atoms with Crippen molar-refractivity contribution in [2.45, 2.75) is 38.8 Å². The normalized spacial score (nSPS) is 18.0. The van der Waals surface area contributed by atoms with Crippen LogP contribution in [0.4, 0.5) is 14.9 Å². The van der Waals surface area contributed by atoms with Crippen LogP contribution in [0.25, 0.3) is 10.9 Å². The van der Waals surface area contributed by atoms with Gasteiger partial charge in [0, 0.05) is 42.5 Å². The topological polar surface area (TPSA) is 54.5 Å². The summed E-state index contributed by atoms with van der Waals surface area (Å²) in [4.78, 5) is 18.0. The third kappa shape index (κ3) is 3.75. The minimum absolute atomic E-state index is 0.0581. The van der Waals surface area contributed by atoms with Gasteiger partial charge >= 0.3 is 6.09 Å². The smallest absolute Gasteiger partial charge is 0.410 e. The average molecular weight is 331 g/mol. The maximum absolute atomic E-state index is 13.8. The standard InChI is InChI=1S/C18H22FN3O2/c1-18(2,3)24-17(23)22-8-6-13(11-22)21-16-10-12(19)9-15-14(16)5-4-7-20-15/h4-5,7,9-10,13,21H,6,8,11H2,1-3H3/t13-/m0/s1. The minimum atomic E-state index is -0.507. The van der Waals surface area contributed by atoms with Crippen molar-refractivity contribution >= 4 is 22.7 Å². The van der Waals surface area contributed by atoms with Gasteiger partial charge in [0.1, 0.15) is 11.4 Å². The van der Waals surface area contributed by atoms with Gasteiger partial charge in [-0.05, 0) is 45.4 Å². The van der Waals surface area contributed by atoms with E-state index in [2.05, 4.69) is 10.3 Å². The summed E-state index contributed by atoms with van der Waals surface area (Å²) in [7, 11) is 0. The number of likely N-dealkylation sites (tertiary alicyclic amines) is 1. The van der Waals surface area contributed by atoms with Crippen molar-refractivity contribution in [3.05, 3.63) is 36.3 Å². The molecule has 1 aliphatic rings. The monoisotopic (exact) mass is 331 g/mol. The molecule has 1 atom stereocenters. The summed E-state index contributed by atoms with van der Waals surface area (Å²) in [5.74, 6) is -0.328. The summed E-state index contributed by atoms with van der Waals surface area (Å²) in [6.07, 6.45) is 2.13. The van der Waals surface area contributed by atoms with E-state index in [1.807, 2.05) is 32.9 Å². The Labute approximate surface area is 140 Å². The lowest BCUT2D eigenvalue weighted by atomic mass is 10.1. The van der Waals surface area contributed by atoms with E-state index in [-0.39, 0.29) is 18.0 Å². The molecule has 0 radical (unpaired) electrons. The average Bonchev–Trinajstić information content (AvgIpc) is 2.94. The van der Waals surface area contributed by atoms with Gasteiger partial charge in [0.2, 0.25) is 0 Å². The van der Waals surface area contributed by atoms with Crippen LogP contribution in [-0.4, -0.2) is 40.7 Å². The Morgan fingerprint density at radius 3 is 2.96 bits per heavy atom. The first-order valence-electron chi connectivity index (χ1n) is 8.10. The van der Waals surface area contributed by atoms with Crippen molar-refractivity contribution in [1.82, 2.24) is 9.88 Å². The van der Waals surface area contributed by atoms with Crippen molar-refractivity contribution in [3.63, 3.8) is 0 Å². The molecule has 0 saturated carbocycles. The highest BCUT2D eigenvalue weighted by atomic mass is 19.1. The van der Waals surface area contributed by atoms with Gasteiger partial charge in [0.05, 0.1) is 5.52 Å². The molecule has 2 aromatic rings. The molecular formula is C18H22FN3O2. The quantitative estimate of drug-likeness (QED) is 0.909. The third-order valence-corrected chi connectivity index (χ3v) is 3.89. The zero-order valence-electron chi connectivity index (χ0n) is 14.2. The molecule has 1 N–H and O–H groups in total. The number of carbonyl (C=O) groups is 1. The molecule has 1 aliphatic heterocycles. The molecule has 1 aromatic heterocycles. The SMILES string of the molecule is CC(C)(C)OC(=O)N1CC[C@H](Nc2cc(F)cc3ncccc23)C1. The van der Waals surface area contributed by atoms with Crippen LogP contribution in [0, 0.1) is 5.82 Å². The van der Waals surface area contributed by atoms with E-state index in [0.29, 0.717) is 24.3 Å². The van der Waals surface area contributed by atoms with Gasteiger partial charge < -0.3 is 15.0 Å². The molecule has 24 heavy (non-hydrogen) atoms. The van der Waals surface area contributed by atoms with E-state index in [4.69, 9.17) is 4.74 Å². The first kappa shape index (κ1) is 16.5. The number of ether oxygens (including phenoxy) is 1. The Balaban J connectivity index is 1.71. The number of hydrogen-bond acceptors (Lipinski definition) is 4. The van der Waals surface area contributed by atoms with Crippen molar-refractivity contribution in [2.75, 3.05) is 18.4 Å². The number of nitrogens with one attached hydrogen (secondary N) is 1. The second-order valence-corrected chi connectivity index (χ2v) is 7.08. The van der Waals surface area contributed by atoms with E-state index in [0.717, 1.165) is 11.8 Å². The van der Waals surface area contributed by atoms with Crippen LogP contribution in [0.2, 0.25) is 0 Å². The number of aromatic nitrogens is 1. The summed E-state index contributed by atoms with van der Waals surface area (Å²) < 4.78 is 19.2. The van der Waals surface area contributed by atoms with Gasteiger partial charge in [-0.15, -0.1) is 0 Å². The van der Waals surface area contributed by atoms with Crippen LogP contribution in [0.3, 0.4) is 0 Å². The molecule has 0 unspecified atom stereocenters. The second kappa shape index (κ2) is 6.26. The van der Waals surface area contributed by atoms with E-state index < -0.39 is 5.60 Å². The lowest BCUT2D eigenvalue weighted by Gasteiger charge is -2.24. The lowest BCUT2D eigenvalue weighted by molar-refractivity contribution is 0.0293. The first-order chi connectivity index (χ1) is 11.3. The minimum Gasteiger partial charge on any atom is -0.444 e. The Morgan fingerprint density at radius 1 is 1.42 bits per heavy atom. The fraction of sp³-hybridized carbons (Fsp3) is 0.444. The van der Waals surface area contributed by atoms with Crippen molar-refractivity contribution in [2.24, 2.45) is 0 Å². The number of pyridine rings is 1. The molecule has 6 heteroatoms. The van der Waals surface area contributed by atoms with E-state index in [1.54, 1.807) is 11.1 Å². The molecule has 128 valence electrons. The van der Waals surface area contributed by atoms with Crippen LogP contribution >= 0.6 is 0 Å². The summed E-state index contributed by atoms with van der Waals surface area (Å²) in [5.41, 5.74) is 0.809. The first-order valence-corrected chi connectivity index (χ1v) is 8.10. The summed E-state index contributed by atoms with van der Waals surface area (Å²) in [6, 6.07) is 6.68. The van der Waals surface area contributed by atoms with Crippen molar-refractivity contribution in [3.8, 4) is 0 Å². The molecule has 3 rings (SSSR count). The zero-order chi connectivity index (χ0) is 17.3. The van der Waals surface area contributed by atoms with Crippen LogP contribution in [-0.2, 0) is 4.74 Å². The molecule has 0 spiro atoms. The van der Waals surface area contributed by atoms with Gasteiger partial charge in [0.25, 0.3) is 0 Å². The molecular weight excluding hydrogens is 309 g/mol. The second-order valence-electron chi connectivity index (χ2n) is 7.08. The van der Waals surface area contributed by atoms with Crippen molar-refractivity contribution in [1.29, 1.82) is 0 Å². The molecule has 5 nitrogen and oxygen atoms in total. The number of rotatable bonds is 2. The fourth-order valence-corrected chi connectivity index (χ4v) is 2.86. The number of fused-ring (bicyclic) bond motifs is 1. The predicted octanol–water partition coefficient (Wildman–Crippen LogP) is 3.80. The molecule has 1 amide bonds. The zero-order valence-corrected chi connectivity index (χ0v) is 14.2. The number of anilines is 1. The Bertz CT molecular complexity index is 758. The third-order valence-electron chi connectivity index (χ3n) is 3.89. The number of amides is 1. The Kier molecular flexibility index (Phi) is 4.30. The predicted molar refractivity (Wildman–Crippen MR) is 91.5 cm³/mol. The number of carbonyl (C=O) groups excluding carboxylic acids is 1. The van der Waals surface area contributed by atoms with Gasteiger partial charge in [-0.1, -0.05) is 0 Å². The van der Waals surface area contributed by atoms with Gasteiger partial charge in [-0.2, -0.15) is 0 Å². The summed E-state index contributed by atoms with van der Waals surface area (Å²) in [6.45, 7) is 6.71. The number of benzene rings is 1. The highest BCUT2D eigenvalue weighted by Gasteiger charge is 2.30. The van der Waals surface area contributed by atoms with Gasteiger partial charge in [0.15, 0.2) is 0 Å². The number of nitrogens with zero attached hydrogens (tertiary/aromatic N) is 2. The highest BCUT2D eigenvalue weighted by Crippen LogP contribution is 2.26. The van der Waals surface area contributed by atoms with Gasteiger partial charge in [-0.25, -0.2) is 9.18 Å². The Morgan fingerprint density at radius 2 is 2.21 bits per heavy atom. The van der Waals surface area contributed by atoms with Crippen LogP contribution in [0.5, 0.6) is 0 Å². The van der Waals surface area contributed by atoms with E-state index >= 15 is 0 Å². The van der Waals surface area contributed by atoms with E-state index in [1.165, 1.54) is 12.1 Å². The number of halogens is 1. The maximum Gasteiger partial charge on any atom is 0.410 e. The summed E-state index contributed by atoms with van der Waals surface area (Å²) >= 11 is 0. The Hall–Kier alpha value is -2.37. The largest absolute Gasteiger partial charge is 0.444 e. The molecule has 0 aliphatic carbocycles. The molecule has 1 aromatic carbocycles. The fourth-order valence-electron chi connectivity index (χ4n) is 2.86. The van der Waals surface area contributed by atoms with Crippen molar-refractivity contribution < 1.29 is 13.9 Å². The molecule has 1 fully saturated rings. The van der Waals surface area contributed by atoms with Crippen LogP contribution in [0.15, 0.2) is 30.5 Å². The van der Waals surface area contributed by atoms with E-state index in [9.17, 15) is 9.18 Å². The molecule has 0 bridgehead atoms. The lowest BCUT2D eigenvalue weighted by Crippen LogP contribution is -2.36. The molecule has 1 saturated heterocycles. The van der Waals surface area contributed by atoms with Gasteiger partial charge in [-0.3, -0.25) is 4.98 Å².